The standard InChI is InChI=1S/C14H25N3OS/c1-11(12-6-9-19-10-12)16-8-5-4-7-14(2,3)13(15)17-18/h6,9-11,16,18H,4-5,7-8H2,1-3H3,(H2,15,17). The fourth-order valence-corrected chi connectivity index (χ4v) is 2.67. The largest absolute Gasteiger partial charge is 0.409 e. The van der Waals surface area contributed by atoms with Crippen molar-refractivity contribution in [1.29, 1.82) is 0 Å². The quantitative estimate of drug-likeness (QED) is 0.225. The molecule has 1 unspecified atom stereocenters. The van der Waals surface area contributed by atoms with E-state index in [1.54, 1.807) is 11.3 Å². The van der Waals surface area contributed by atoms with Crippen molar-refractivity contribution in [2.45, 2.75) is 46.1 Å². The van der Waals surface area contributed by atoms with E-state index in [9.17, 15) is 0 Å². The van der Waals surface area contributed by atoms with Crippen molar-refractivity contribution in [3.8, 4) is 0 Å². The average molecular weight is 283 g/mol. The fraction of sp³-hybridized carbons (Fsp3) is 0.643. The minimum absolute atomic E-state index is 0.228. The van der Waals surface area contributed by atoms with Crippen LogP contribution in [0.15, 0.2) is 22.0 Å². The van der Waals surface area contributed by atoms with Crippen LogP contribution in [0, 0.1) is 5.41 Å². The first-order valence-electron chi connectivity index (χ1n) is 6.71. The lowest BCUT2D eigenvalue weighted by Gasteiger charge is -2.22. The summed E-state index contributed by atoms with van der Waals surface area (Å²) >= 11 is 1.73. The number of nitrogens with two attached hydrogens (primary N) is 1. The lowest BCUT2D eigenvalue weighted by atomic mass is 9.86. The molecule has 0 aliphatic rings. The number of hydrogen-bond donors (Lipinski definition) is 3. The number of oxime groups is 1. The second kappa shape index (κ2) is 7.50. The molecule has 1 aromatic rings. The van der Waals surface area contributed by atoms with Crippen molar-refractivity contribution in [2.75, 3.05) is 6.54 Å². The first-order valence-corrected chi connectivity index (χ1v) is 7.65. The van der Waals surface area contributed by atoms with Gasteiger partial charge in [0, 0.05) is 11.5 Å². The fourth-order valence-electron chi connectivity index (χ4n) is 1.91. The van der Waals surface area contributed by atoms with Crippen molar-refractivity contribution in [3.63, 3.8) is 0 Å². The summed E-state index contributed by atoms with van der Waals surface area (Å²) in [6.07, 6.45) is 3.08. The van der Waals surface area contributed by atoms with Crippen LogP contribution in [0.5, 0.6) is 0 Å². The van der Waals surface area contributed by atoms with Gasteiger partial charge in [-0.2, -0.15) is 11.3 Å². The van der Waals surface area contributed by atoms with Crippen molar-refractivity contribution in [1.82, 2.24) is 5.32 Å². The van der Waals surface area contributed by atoms with Gasteiger partial charge in [0.1, 0.15) is 5.84 Å². The summed E-state index contributed by atoms with van der Waals surface area (Å²) < 4.78 is 0. The lowest BCUT2D eigenvalue weighted by molar-refractivity contribution is 0.304. The van der Waals surface area contributed by atoms with Crippen LogP contribution in [-0.4, -0.2) is 17.6 Å². The number of rotatable bonds is 8. The van der Waals surface area contributed by atoms with Gasteiger partial charge in [-0.1, -0.05) is 25.4 Å². The van der Waals surface area contributed by atoms with Gasteiger partial charge in [-0.05, 0) is 48.7 Å². The van der Waals surface area contributed by atoms with E-state index in [1.807, 2.05) is 13.8 Å². The maximum Gasteiger partial charge on any atom is 0.144 e. The molecule has 0 aliphatic carbocycles. The normalized spacial score (nSPS) is 14.6. The Bertz CT molecular complexity index is 387. The van der Waals surface area contributed by atoms with Gasteiger partial charge in [0.05, 0.1) is 0 Å². The average Bonchev–Trinajstić information content (AvgIpc) is 2.90. The monoisotopic (exact) mass is 283 g/mol. The highest BCUT2D eigenvalue weighted by Gasteiger charge is 2.22. The molecule has 1 heterocycles. The molecule has 1 rings (SSSR count). The third-order valence-corrected chi connectivity index (χ3v) is 4.22. The Morgan fingerprint density at radius 1 is 1.53 bits per heavy atom. The number of amidine groups is 1. The van der Waals surface area contributed by atoms with Crippen LogP contribution in [0.25, 0.3) is 0 Å². The molecule has 19 heavy (non-hydrogen) atoms. The minimum atomic E-state index is -0.228. The van der Waals surface area contributed by atoms with Crippen molar-refractivity contribution in [2.24, 2.45) is 16.3 Å². The summed E-state index contributed by atoms with van der Waals surface area (Å²) in [5.41, 5.74) is 6.78. The zero-order valence-corrected chi connectivity index (χ0v) is 12.8. The van der Waals surface area contributed by atoms with E-state index in [4.69, 9.17) is 10.9 Å². The Labute approximate surface area is 119 Å². The van der Waals surface area contributed by atoms with Crippen LogP contribution in [-0.2, 0) is 0 Å². The second-order valence-corrected chi connectivity index (χ2v) is 6.34. The molecule has 4 nitrogen and oxygen atoms in total. The van der Waals surface area contributed by atoms with Gasteiger partial charge in [0.25, 0.3) is 0 Å². The summed E-state index contributed by atoms with van der Waals surface area (Å²) in [7, 11) is 0. The van der Waals surface area contributed by atoms with Gasteiger partial charge in [0.15, 0.2) is 0 Å². The molecule has 5 heteroatoms. The Hall–Kier alpha value is -1.07. The summed E-state index contributed by atoms with van der Waals surface area (Å²) in [5, 5.41) is 19.6. The van der Waals surface area contributed by atoms with Crippen LogP contribution >= 0.6 is 11.3 Å². The lowest BCUT2D eigenvalue weighted by Crippen LogP contribution is -2.32. The van der Waals surface area contributed by atoms with Crippen molar-refractivity contribution < 1.29 is 5.21 Å². The molecule has 0 spiro atoms. The summed E-state index contributed by atoms with van der Waals surface area (Å²) in [6.45, 7) is 7.18. The maximum absolute atomic E-state index is 8.70. The molecule has 0 aromatic carbocycles. The Balaban J connectivity index is 2.18. The van der Waals surface area contributed by atoms with Crippen LogP contribution in [0.4, 0.5) is 0 Å². The highest BCUT2D eigenvalue weighted by atomic mass is 32.1. The van der Waals surface area contributed by atoms with E-state index in [0.29, 0.717) is 11.9 Å². The van der Waals surface area contributed by atoms with Crippen LogP contribution in [0.1, 0.15) is 51.6 Å². The topological polar surface area (TPSA) is 70.6 Å². The zero-order valence-electron chi connectivity index (χ0n) is 12.0. The zero-order chi connectivity index (χ0) is 14.3. The third-order valence-electron chi connectivity index (χ3n) is 3.52. The van der Waals surface area contributed by atoms with Crippen molar-refractivity contribution >= 4 is 17.2 Å². The number of hydrogen-bond acceptors (Lipinski definition) is 4. The smallest absolute Gasteiger partial charge is 0.144 e. The van der Waals surface area contributed by atoms with Gasteiger partial charge in [0.2, 0.25) is 0 Å². The highest BCUT2D eigenvalue weighted by molar-refractivity contribution is 7.07. The molecule has 0 aliphatic heterocycles. The van der Waals surface area contributed by atoms with Gasteiger partial charge in [-0.3, -0.25) is 0 Å². The molecule has 4 N–H and O–H groups in total. The van der Waals surface area contributed by atoms with E-state index >= 15 is 0 Å². The minimum Gasteiger partial charge on any atom is -0.409 e. The third kappa shape index (κ3) is 5.20. The van der Waals surface area contributed by atoms with Crippen LogP contribution in [0.3, 0.4) is 0 Å². The Morgan fingerprint density at radius 2 is 2.26 bits per heavy atom. The first kappa shape index (κ1) is 16.0. The Kier molecular flexibility index (Phi) is 6.31. The van der Waals surface area contributed by atoms with Gasteiger partial charge in [-0.25, -0.2) is 0 Å². The number of nitrogens with one attached hydrogen (secondary N) is 1. The molecule has 0 amide bonds. The molecule has 108 valence electrons. The molecule has 0 saturated carbocycles. The van der Waals surface area contributed by atoms with E-state index < -0.39 is 0 Å². The predicted molar refractivity (Wildman–Crippen MR) is 81.8 cm³/mol. The molecule has 1 atom stereocenters. The van der Waals surface area contributed by atoms with Crippen LogP contribution in [0.2, 0.25) is 0 Å². The molecular weight excluding hydrogens is 258 g/mol. The molecule has 0 radical (unpaired) electrons. The number of unbranched alkanes of at least 4 members (excludes halogenated alkanes) is 1. The van der Waals surface area contributed by atoms with Crippen molar-refractivity contribution in [3.05, 3.63) is 22.4 Å². The van der Waals surface area contributed by atoms with E-state index in [2.05, 4.69) is 34.2 Å². The number of thiophene rings is 1. The predicted octanol–water partition coefficient (Wildman–Crippen LogP) is 3.34. The van der Waals surface area contributed by atoms with Gasteiger partial charge < -0.3 is 16.3 Å². The first-order chi connectivity index (χ1) is 8.97. The number of nitrogens with zero attached hydrogens (tertiary/aromatic N) is 1. The SMILES string of the molecule is CC(NCCCCC(C)(C)/C(N)=N/O)c1ccsc1. The molecular formula is C14H25N3OS. The summed E-state index contributed by atoms with van der Waals surface area (Å²) in [5.74, 6) is 0.312. The molecule has 0 bridgehead atoms. The van der Waals surface area contributed by atoms with Crippen LogP contribution < -0.4 is 11.1 Å². The summed E-state index contributed by atoms with van der Waals surface area (Å²) in [4.78, 5) is 0. The maximum atomic E-state index is 8.70. The highest BCUT2D eigenvalue weighted by Crippen LogP contribution is 2.23. The molecule has 1 aromatic heterocycles. The van der Waals surface area contributed by atoms with E-state index in [0.717, 1.165) is 25.8 Å². The van der Waals surface area contributed by atoms with E-state index in [-0.39, 0.29) is 5.41 Å². The van der Waals surface area contributed by atoms with Gasteiger partial charge >= 0.3 is 0 Å². The molecule has 0 fully saturated rings. The van der Waals surface area contributed by atoms with E-state index in [1.165, 1.54) is 5.56 Å². The second-order valence-electron chi connectivity index (χ2n) is 5.56. The Morgan fingerprint density at radius 3 is 2.84 bits per heavy atom. The summed E-state index contributed by atoms with van der Waals surface area (Å²) in [6, 6.07) is 2.56. The van der Waals surface area contributed by atoms with Gasteiger partial charge in [-0.15, -0.1) is 0 Å². The molecule has 0 saturated heterocycles.